The first-order chi connectivity index (χ1) is 37.4. The van der Waals surface area contributed by atoms with Gasteiger partial charge in [0.2, 0.25) is 29.5 Å². The molecule has 5 aromatic carbocycles. The van der Waals surface area contributed by atoms with E-state index < -0.39 is 30.8 Å². The Labute approximate surface area is 446 Å². The van der Waals surface area contributed by atoms with Crippen LogP contribution in [0.5, 0.6) is 23.0 Å². The van der Waals surface area contributed by atoms with Gasteiger partial charge in [-0.1, -0.05) is 36.4 Å². The number of aryl methyl sites for hydroxylation is 2. The first-order valence-corrected chi connectivity index (χ1v) is 26.3. The largest absolute Gasteiger partial charge is 0.493 e. The van der Waals surface area contributed by atoms with Crippen LogP contribution in [0.15, 0.2) is 91.0 Å². The summed E-state index contributed by atoms with van der Waals surface area (Å²) < 4.78 is 24.6. The van der Waals surface area contributed by atoms with Crippen molar-refractivity contribution in [2.45, 2.75) is 89.5 Å². The van der Waals surface area contributed by atoms with Crippen molar-refractivity contribution in [3.05, 3.63) is 136 Å². The van der Waals surface area contributed by atoms with Gasteiger partial charge in [-0.05, 0) is 152 Å². The molecule has 18 heteroatoms. The van der Waals surface area contributed by atoms with Gasteiger partial charge in [-0.3, -0.25) is 33.6 Å². The molecule has 0 unspecified atom stereocenters. The minimum atomic E-state index is -0.619. The lowest BCUT2D eigenvalue weighted by Gasteiger charge is -2.26. The molecular formula is C59H63N7O11. The van der Waals surface area contributed by atoms with Crippen molar-refractivity contribution in [2.75, 3.05) is 56.0 Å². The number of methoxy groups -OCH3 is 2. The summed E-state index contributed by atoms with van der Waals surface area (Å²) in [5.41, 5.74) is 8.72. The van der Waals surface area contributed by atoms with Crippen LogP contribution in [-0.2, 0) is 62.9 Å². The summed E-state index contributed by atoms with van der Waals surface area (Å²) >= 11 is 0. The van der Waals surface area contributed by atoms with E-state index in [-0.39, 0.29) is 67.3 Å². The van der Waals surface area contributed by atoms with Gasteiger partial charge in [0.25, 0.3) is 11.8 Å². The Kier molecular flexibility index (Phi) is 15.4. The molecular weight excluding hydrogens is 983 g/mol. The van der Waals surface area contributed by atoms with Crippen LogP contribution in [0, 0.1) is 11.8 Å². The zero-order chi connectivity index (χ0) is 53.7. The molecule has 18 nitrogen and oxygen atoms in total. The number of carbonyl (C=O) groups is 7. The molecule has 5 aromatic rings. The van der Waals surface area contributed by atoms with Crippen LogP contribution in [0.25, 0.3) is 0 Å². The fourth-order valence-corrected chi connectivity index (χ4v) is 11.5. The molecule has 0 aromatic heterocycles. The molecule has 0 radical (unpaired) electrons. The fraction of sp³-hybridized carbons (Fsp3) is 0.373. The second-order valence-electron chi connectivity index (χ2n) is 20.3. The van der Waals surface area contributed by atoms with Crippen LogP contribution in [0.3, 0.4) is 0 Å². The Morgan fingerprint density at radius 1 is 0.519 bits per heavy atom. The van der Waals surface area contributed by atoms with Gasteiger partial charge >= 0.3 is 0 Å². The summed E-state index contributed by atoms with van der Waals surface area (Å²) in [7, 11) is 4.65. The van der Waals surface area contributed by atoms with Crippen molar-refractivity contribution in [1.29, 1.82) is 0 Å². The van der Waals surface area contributed by atoms with Crippen molar-refractivity contribution in [3.63, 3.8) is 0 Å². The summed E-state index contributed by atoms with van der Waals surface area (Å²) in [5, 5.41) is 13.1. The van der Waals surface area contributed by atoms with Gasteiger partial charge in [0, 0.05) is 59.2 Å². The number of rotatable bonds is 17. The first kappa shape index (κ1) is 52.0. The second-order valence-corrected chi connectivity index (χ2v) is 20.3. The molecule has 2 atom stereocenters. The zero-order valence-electron chi connectivity index (χ0n) is 43.5. The van der Waals surface area contributed by atoms with Gasteiger partial charge in [0.05, 0.1) is 33.9 Å². The summed E-state index contributed by atoms with van der Waals surface area (Å²) in [6, 6.07) is 28.7. The van der Waals surface area contributed by atoms with Crippen molar-refractivity contribution in [2.24, 2.45) is 11.8 Å². The molecule has 4 heterocycles. The molecule has 77 heavy (non-hydrogen) atoms. The normalized spacial score (nSPS) is 18.8. The van der Waals surface area contributed by atoms with E-state index in [4.69, 9.17) is 18.9 Å². The standard InChI is InChI=1S/C59H63N7O11/c1-60-56(70)36-12-14-37(15-13-36)57(71)63-30-54(68)61-29-53(67)62-31-55(69)64-42-21-34(32-76-51-25-38-16-18-43-23-40-8-4-6-10-47(40)65(43)58(72)45(38)27-49(51)74-2)20-35(22-42)33-77-52-26-39-17-19-44-24-41-9-5-7-11-48(41)66(44)59(73)46(39)28-50(52)75-3/h4-11,20-22,25-28,36-37,43-44H,12-19,23-24,29-33H2,1-3H3,(H,60,70)(H,61,68)(H,62,67)(H,63,71)(H,64,69)/t36?,37?,43-,44-/m1/s1. The number of amides is 7. The predicted molar refractivity (Wildman–Crippen MR) is 286 cm³/mol. The van der Waals surface area contributed by atoms with Crippen LogP contribution in [0.4, 0.5) is 17.1 Å². The van der Waals surface area contributed by atoms with Crippen LogP contribution in [0.2, 0.25) is 0 Å². The summed E-state index contributed by atoms with van der Waals surface area (Å²) in [6.07, 6.45) is 6.73. The maximum absolute atomic E-state index is 14.1. The van der Waals surface area contributed by atoms with Crippen LogP contribution < -0.4 is 55.3 Å². The lowest BCUT2D eigenvalue weighted by Crippen LogP contribution is -2.44. The maximum atomic E-state index is 14.1. The third-order valence-corrected chi connectivity index (χ3v) is 15.5. The van der Waals surface area contributed by atoms with Gasteiger partial charge in [0.15, 0.2) is 23.0 Å². The number of nitrogens with zero attached hydrogens (tertiary/aromatic N) is 2. The van der Waals surface area contributed by atoms with Crippen LogP contribution >= 0.6 is 0 Å². The Hall–Kier alpha value is -8.41. The van der Waals surface area contributed by atoms with E-state index >= 15 is 0 Å². The Morgan fingerprint density at radius 3 is 1.45 bits per heavy atom. The number of ether oxygens (including phenoxy) is 4. The van der Waals surface area contributed by atoms with Crippen molar-refractivity contribution >= 4 is 58.4 Å². The molecule has 10 rings (SSSR count). The molecule has 1 saturated carbocycles. The second kappa shape index (κ2) is 22.8. The van der Waals surface area contributed by atoms with Crippen molar-refractivity contribution in [3.8, 4) is 23.0 Å². The molecule has 0 spiro atoms. The summed E-state index contributed by atoms with van der Waals surface area (Å²) in [6.45, 7) is -1.10. The number of hydrogen-bond donors (Lipinski definition) is 5. The van der Waals surface area contributed by atoms with Crippen LogP contribution in [-0.4, -0.2) is 94.3 Å². The van der Waals surface area contributed by atoms with E-state index in [2.05, 4.69) is 38.7 Å². The SMILES string of the molecule is CNC(=O)C1CCC(C(=O)NCC(=O)NCC(=O)NCC(=O)Nc2cc(COc3cc4c(cc3OC)C(=O)N3c5ccccc5C[C@H]3CC4)cc(COc3cc4c(cc3OC)C(=O)N3c5ccccc5C[C@H]3CC4)c2)CC1. The van der Waals surface area contributed by atoms with Crippen molar-refractivity contribution in [1.82, 2.24) is 21.3 Å². The lowest BCUT2D eigenvalue weighted by molar-refractivity contribution is -0.131. The number of carbonyl (C=O) groups excluding carboxylic acids is 7. The number of hydrogen-bond acceptors (Lipinski definition) is 11. The zero-order valence-corrected chi connectivity index (χ0v) is 43.5. The highest BCUT2D eigenvalue weighted by Crippen LogP contribution is 2.43. The number of benzene rings is 5. The summed E-state index contributed by atoms with van der Waals surface area (Å²) in [4.78, 5) is 95.5. The minimum absolute atomic E-state index is 0.0304. The maximum Gasteiger partial charge on any atom is 0.258 e. The smallest absolute Gasteiger partial charge is 0.258 e. The van der Waals surface area contributed by atoms with Gasteiger partial charge in [-0.25, -0.2) is 0 Å². The lowest BCUT2D eigenvalue weighted by atomic mass is 9.81. The van der Waals surface area contributed by atoms with E-state index in [9.17, 15) is 33.6 Å². The molecule has 5 N–H and O–H groups in total. The summed E-state index contributed by atoms with van der Waals surface area (Å²) in [5.74, 6) is -0.960. The molecule has 0 saturated heterocycles. The highest BCUT2D eigenvalue weighted by Gasteiger charge is 2.39. The number of para-hydroxylation sites is 2. The quantitative estimate of drug-likeness (QED) is 0.0756. The molecule has 400 valence electrons. The molecule has 0 bridgehead atoms. The Balaban J connectivity index is 0.812. The average molecular weight is 1050 g/mol. The van der Waals surface area contributed by atoms with E-state index in [0.29, 0.717) is 89.5 Å². The monoisotopic (exact) mass is 1050 g/mol. The molecule has 1 aliphatic carbocycles. The first-order valence-electron chi connectivity index (χ1n) is 26.3. The Morgan fingerprint density at radius 2 is 0.974 bits per heavy atom. The van der Waals surface area contributed by atoms with Crippen molar-refractivity contribution < 1.29 is 52.5 Å². The highest BCUT2D eigenvalue weighted by molar-refractivity contribution is 6.10. The average Bonchev–Trinajstić information content (AvgIpc) is 4.01. The van der Waals surface area contributed by atoms with E-state index in [1.807, 2.05) is 64.4 Å². The fourth-order valence-electron chi connectivity index (χ4n) is 11.5. The van der Waals surface area contributed by atoms with Gasteiger partial charge in [0.1, 0.15) is 13.2 Å². The molecule has 7 amide bonds. The van der Waals surface area contributed by atoms with E-state index in [1.54, 1.807) is 31.3 Å². The predicted octanol–water partition coefficient (Wildman–Crippen LogP) is 5.74. The number of fused-ring (bicyclic) bond motifs is 8. The molecule has 1 fully saturated rings. The molecule has 5 aliphatic rings. The van der Waals surface area contributed by atoms with Gasteiger partial charge in [-0.15, -0.1) is 0 Å². The molecule has 4 aliphatic heterocycles. The van der Waals surface area contributed by atoms with Gasteiger partial charge < -0.3 is 55.3 Å². The highest BCUT2D eigenvalue weighted by atomic mass is 16.5. The number of anilines is 3. The minimum Gasteiger partial charge on any atom is -0.493 e. The number of nitrogens with one attached hydrogen (secondary N) is 5. The third-order valence-electron chi connectivity index (χ3n) is 15.5. The van der Waals surface area contributed by atoms with Gasteiger partial charge in [-0.2, -0.15) is 0 Å². The third kappa shape index (κ3) is 11.3. The Bertz CT molecular complexity index is 3000. The topological polar surface area (TPSA) is 223 Å². The van der Waals surface area contributed by atoms with E-state index in [1.165, 1.54) is 14.2 Å². The van der Waals surface area contributed by atoms with E-state index in [0.717, 1.165) is 59.3 Å². The van der Waals surface area contributed by atoms with Crippen LogP contribution in [0.1, 0.15) is 92.6 Å².